The van der Waals surface area contributed by atoms with Crippen molar-refractivity contribution in [3.63, 3.8) is 0 Å². The van der Waals surface area contributed by atoms with Gasteiger partial charge in [-0.2, -0.15) is 0 Å². The van der Waals surface area contributed by atoms with Crippen LogP contribution in [0.1, 0.15) is 56.6 Å². The van der Waals surface area contributed by atoms with Crippen LogP contribution in [-0.4, -0.2) is 12.4 Å². The van der Waals surface area contributed by atoms with Gasteiger partial charge in [0.1, 0.15) is 0 Å². The zero-order chi connectivity index (χ0) is 13.2. The summed E-state index contributed by atoms with van der Waals surface area (Å²) in [6.45, 7) is 6.55. The second-order valence-electron chi connectivity index (χ2n) is 5.18. The van der Waals surface area contributed by atoms with E-state index in [1.165, 1.54) is 30.4 Å². The third-order valence-electron chi connectivity index (χ3n) is 3.21. The van der Waals surface area contributed by atoms with Gasteiger partial charge in [0.15, 0.2) is 0 Å². The summed E-state index contributed by atoms with van der Waals surface area (Å²) in [6.07, 6.45) is 4.94. The molecule has 0 fully saturated rings. The lowest BCUT2D eigenvalue weighted by atomic mass is 10.0. The highest BCUT2D eigenvalue weighted by molar-refractivity contribution is 6.17. The molecule has 0 heterocycles. The largest absolute Gasteiger partial charge is 0.313 e. The maximum atomic E-state index is 5.64. The summed E-state index contributed by atoms with van der Waals surface area (Å²) in [6, 6.07) is 8.94. The molecule has 0 saturated heterocycles. The fraction of sp³-hybridized carbons (Fsp3) is 0.625. The molecule has 102 valence electrons. The molecule has 0 radical (unpaired) electrons. The molecule has 2 heteroatoms. The maximum Gasteiger partial charge on any atom is 0.0223 e. The van der Waals surface area contributed by atoms with Gasteiger partial charge in [0.05, 0.1) is 0 Å². The van der Waals surface area contributed by atoms with Crippen molar-refractivity contribution in [2.75, 3.05) is 12.4 Å². The first-order valence-corrected chi connectivity index (χ1v) is 7.63. The number of benzene rings is 1. The topological polar surface area (TPSA) is 12.0 Å². The second-order valence-corrected chi connectivity index (χ2v) is 5.55. The van der Waals surface area contributed by atoms with E-state index in [-0.39, 0.29) is 0 Å². The summed E-state index contributed by atoms with van der Waals surface area (Å²) in [5.74, 6) is 1.42. The summed E-state index contributed by atoms with van der Waals surface area (Å²) in [5, 5.41) is 3.49. The minimum Gasteiger partial charge on any atom is -0.313 e. The fourth-order valence-electron chi connectivity index (χ4n) is 1.95. The molecule has 0 aliphatic carbocycles. The molecular formula is C16H26ClN. The molecule has 0 unspecified atom stereocenters. The minimum absolute atomic E-state index is 0.619. The number of halogens is 1. The van der Waals surface area contributed by atoms with E-state index >= 15 is 0 Å². The Labute approximate surface area is 117 Å². The molecule has 18 heavy (non-hydrogen) atoms. The predicted molar refractivity (Wildman–Crippen MR) is 81.4 cm³/mol. The standard InChI is InChI=1S/C16H26ClN/c1-14(2)16-9-7-15(8-10-16)13-18-12-6-4-3-5-11-17/h7-10,14,18H,3-6,11-13H2,1-2H3. The number of hydrogen-bond donors (Lipinski definition) is 1. The van der Waals surface area contributed by atoms with Gasteiger partial charge in [-0.05, 0) is 36.4 Å². The summed E-state index contributed by atoms with van der Waals surface area (Å²) in [5.41, 5.74) is 2.79. The molecule has 0 aliphatic rings. The van der Waals surface area contributed by atoms with Crippen LogP contribution in [0, 0.1) is 0 Å². The lowest BCUT2D eigenvalue weighted by molar-refractivity contribution is 0.599. The molecule has 0 amide bonds. The van der Waals surface area contributed by atoms with Crippen molar-refractivity contribution in [1.82, 2.24) is 5.32 Å². The first kappa shape index (κ1) is 15.5. The smallest absolute Gasteiger partial charge is 0.0223 e. The molecule has 1 rings (SSSR count). The summed E-state index contributed by atoms with van der Waals surface area (Å²) < 4.78 is 0. The van der Waals surface area contributed by atoms with Gasteiger partial charge >= 0.3 is 0 Å². The van der Waals surface area contributed by atoms with Crippen molar-refractivity contribution in [3.05, 3.63) is 35.4 Å². The van der Waals surface area contributed by atoms with Crippen LogP contribution >= 0.6 is 11.6 Å². The SMILES string of the molecule is CC(C)c1ccc(CNCCCCCCCl)cc1. The minimum atomic E-state index is 0.619. The Kier molecular flexibility index (Phi) is 8.11. The van der Waals surface area contributed by atoms with Gasteiger partial charge in [-0.15, -0.1) is 11.6 Å². The van der Waals surface area contributed by atoms with Crippen LogP contribution in [0.4, 0.5) is 0 Å². The second kappa shape index (κ2) is 9.41. The van der Waals surface area contributed by atoms with Crippen LogP contribution in [0.15, 0.2) is 24.3 Å². The van der Waals surface area contributed by atoms with Gasteiger partial charge in [-0.3, -0.25) is 0 Å². The van der Waals surface area contributed by atoms with Gasteiger partial charge in [-0.25, -0.2) is 0 Å². The molecule has 1 N–H and O–H groups in total. The van der Waals surface area contributed by atoms with Crippen LogP contribution < -0.4 is 5.32 Å². The zero-order valence-corrected chi connectivity index (χ0v) is 12.5. The highest BCUT2D eigenvalue weighted by atomic mass is 35.5. The van der Waals surface area contributed by atoms with E-state index in [1.807, 2.05) is 0 Å². The lowest BCUT2D eigenvalue weighted by Gasteiger charge is -2.08. The average molecular weight is 268 g/mol. The normalized spacial score (nSPS) is 11.1. The number of hydrogen-bond acceptors (Lipinski definition) is 1. The average Bonchev–Trinajstić information content (AvgIpc) is 2.38. The van der Waals surface area contributed by atoms with E-state index < -0.39 is 0 Å². The van der Waals surface area contributed by atoms with E-state index in [2.05, 4.69) is 43.4 Å². The first-order chi connectivity index (χ1) is 8.74. The Morgan fingerprint density at radius 1 is 1.00 bits per heavy atom. The number of alkyl halides is 1. The van der Waals surface area contributed by atoms with Gasteiger partial charge in [-0.1, -0.05) is 51.0 Å². The summed E-state index contributed by atoms with van der Waals surface area (Å²) in [7, 11) is 0. The van der Waals surface area contributed by atoms with E-state index in [1.54, 1.807) is 0 Å². The van der Waals surface area contributed by atoms with Crippen LogP contribution in [-0.2, 0) is 6.54 Å². The Hall–Kier alpha value is -0.530. The molecule has 0 aliphatic heterocycles. The maximum absolute atomic E-state index is 5.64. The van der Waals surface area contributed by atoms with E-state index in [9.17, 15) is 0 Å². The third-order valence-corrected chi connectivity index (χ3v) is 3.48. The first-order valence-electron chi connectivity index (χ1n) is 7.09. The van der Waals surface area contributed by atoms with Crippen molar-refractivity contribution >= 4 is 11.6 Å². The third kappa shape index (κ3) is 6.42. The molecule has 0 saturated carbocycles. The number of rotatable bonds is 9. The van der Waals surface area contributed by atoms with Crippen LogP contribution in [0.3, 0.4) is 0 Å². The fourth-order valence-corrected chi connectivity index (χ4v) is 2.14. The number of unbranched alkanes of at least 4 members (excludes halogenated alkanes) is 3. The van der Waals surface area contributed by atoms with Crippen molar-refractivity contribution in [2.45, 2.75) is 52.0 Å². The van der Waals surface area contributed by atoms with Crippen molar-refractivity contribution in [2.24, 2.45) is 0 Å². The monoisotopic (exact) mass is 267 g/mol. The molecule has 1 nitrogen and oxygen atoms in total. The van der Waals surface area contributed by atoms with Crippen molar-refractivity contribution < 1.29 is 0 Å². The lowest BCUT2D eigenvalue weighted by Crippen LogP contribution is -2.14. The van der Waals surface area contributed by atoms with Crippen LogP contribution in [0.5, 0.6) is 0 Å². The molecule has 1 aromatic rings. The Bertz CT molecular complexity index is 305. The molecule has 0 bridgehead atoms. The Balaban J connectivity index is 2.12. The quantitative estimate of drug-likeness (QED) is 0.505. The van der Waals surface area contributed by atoms with Crippen LogP contribution in [0.2, 0.25) is 0 Å². The van der Waals surface area contributed by atoms with Gasteiger partial charge in [0, 0.05) is 12.4 Å². The molecule has 1 aromatic carbocycles. The van der Waals surface area contributed by atoms with E-state index in [0.29, 0.717) is 5.92 Å². The van der Waals surface area contributed by atoms with E-state index in [4.69, 9.17) is 11.6 Å². The highest BCUT2D eigenvalue weighted by Gasteiger charge is 1.98. The van der Waals surface area contributed by atoms with Crippen molar-refractivity contribution in [1.29, 1.82) is 0 Å². The number of nitrogens with one attached hydrogen (secondary N) is 1. The molecule has 0 aromatic heterocycles. The zero-order valence-electron chi connectivity index (χ0n) is 11.7. The van der Waals surface area contributed by atoms with Gasteiger partial charge < -0.3 is 5.32 Å². The highest BCUT2D eigenvalue weighted by Crippen LogP contribution is 2.14. The Morgan fingerprint density at radius 3 is 2.28 bits per heavy atom. The summed E-state index contributed by atoms with van der Waals surface area (Å²) >= 11 is 5.64. The molecular weight excluding hydrogens is 242 g/mol. The van der Waals surface area contributed by atoms with Crippen LogP contribution in [0.25, 0.3) is 0 Å². The molecule has 0 spiro atoms. The Morgan fingerprint density at radius 2 is 1.67 bits per heavy atom. The van der Waals surface area contributed by atoms with Gasteiger partial charge in [0.2, 0.25) is 0 Å². The summed E-state index contributed by atoms with van der Waals surface area (Å²) in [4.78, 5) is 0. The van der Waals surface area contributed by atoms with E-state index in [0.717, 1.165) is 25.4 Å². The van der Waals surface area contributed by atoms with Crippen molar-refractivity contribution in [3.8, 4) is 0 Å². The predicted octanol–water partition coefficient (Wildman–Crippen LogP) is 4.70. The van der Waals surface area contributed by atoms with Gasteiger partial charge in [0.25, 0.3) is 0 Å². The molecule has 0 atom stereocenters.